The normalized spacial score (nSPS) is 23.9. The number of hydrogen-bond acceptors (Lipinski definition) is 5. The summed E-state index contributed by atoms with van der Waals surface area (Å²) in [5.74, 6) is -0.0330. The summed E-state index contributed by atoms with van der Waals surface area (Å²) in [6.07, 6.45) is 55.5. The highest BCUT2D eigenvalue weighted by Gasteiger charge is 2.69. The Kier molecular flexibility index (Phi) is 31.3. The van der Waals surface area contributed by atoms with Gasteiger partial charge in [0, 0.05) is 12.0 Å². The quantitative estimate of drug-likeness (QED) is 0.0488. The average Bonchev–Trinajstić information content (AvgIpc) is 3.26. The molecule has 0 aromatic carbocycles. The number of hydrogen-bond donors (Lipinski definition) is 1. The first-order chi connectivity index (χ1) is 30.5. The van der Waals surface area contributed by atoms with E-state index in [-0.39, 0.29) is 23.2 Å². The van der Waals surface area contributed by atoms with Gasteiger partial charge in [-0.15, -0.1) is 0 Å². The van der Waals surface area contributed by atoms with E-state index in [2.05, 4.69) is 27.7 Å². The van der Waals surface area contributed by atoms with Gasteiger partial charge in [0.1, 0.15) is 17.5 Å². The van der Waals surface area contributed by atoms with Crippen molar-refractivity contribution in [2.45, 2.75) is 315 Å². The van der Waals surface area contributed by atoms with Crippen LogP contribution in [0, 0.1) is 17.3 Å². The van der Waals surface area contributed by atoms with Crippen LogP contribution in [0.3, 0.4) is 0 Å². The SMILES string of the molecule is CCCCCCCCCCCCC(CCCCCCCCCC)COC1CCC2(OCC2(CCCCCCCCCC)CCCCCCCCCCCC)C2OC(=O)C=C(O)C12. The van der Waals surface area contributed by atoms with E-state index in [4.69, 9.17) is 14.2 Å². The maximum Gasteiger partial charge on any atom is 0.334 e. The molecule has 2 aliphatic heterocycles. The molecule has 2 heterocycles. The zero-order chi connectivity index (χ0) is 44.4. The van der Waals surface area contributed by atoms with Gasteiger partial charge in [-0.3, -0.25) is 0 Å². The van der Waals surface area contributed by atoms with Crippen LogP contribution in [0.15, 0.2) is 11.8 Å². The van der Waals surface area contributed by atoms with Crippen LogP contribution < -0.4 is 0 Å². The summed E-state index contributed by atoms with van der Waals surface area (Å²) >= 11 is 0. The number of unbranched alkanes of at least 4 members (excludes halogenated alkanes) is 32. The van der Waals surface area contributed by atoms with Crippen molar-refractivity contribution in [3.05, 3.63) is 11.8 Å². The standard InChI is InChI=1S/C57H106O5/c1-5-9-13-17-21-25-27-30-34-38-42-50(41-37-33-29-23-19-15-11-7-3)48-60-52-43-46-57(55-54(52)51(58)47-53(59)62-55)56(49-61-57,44-39-35-31-24-20-16-12-8-4)45-40-36-32-28-26-22-18-14-10-6-2/h47,50,52,54-55,58H,5-46,48-49H2,1-4H3. The highest BCUT2D eigenvalue weighted by molar-refractivity contribution is 5.83. The zero-order valence-corrected chi connectivity index (χ0v) is 42.1. The number of carbonyl (C=O) groups excluding carboxylic acids is 1. The lowest BCUT2D eigenvalue weighted by Crippen LogP contribution is -2.74. The summed E-state index contributed by atoms with van der Waals surface area (Å²) < 4.78 is 20.2. The predicted octanol–water partition coefficient (Wildman–Crippen LogP) is 18.2. The summed E-state index contributed by atoms with van der Waals surface area (Å²) in [4.78, 5) is 13.2. The van der Waals surface area contributed by atoms with Crippen LogP contribution >= 0.6 is 0 Å². The lowest BCUT2D eigenvalue weighted by atomic mass is 9.53. The number of ether oxygens (including phenoxy) is 3. The molecule has 0 amide bonds. The molecule has 3 aliphatic rings. The van der Waals surface area contributed by atoms with Gasteiger partial charge in [-0.05, 0) is 44.4 Å². The van der Waals surface area contributed by atoms with Crippen LogP contribution in [0.25, 0.3) is 0 Å². The van der Waals surface area contributed by atoms with Crippen LogP contribution in [0.1, 0.15) is 297 Å². The number of esters is 1. The fourth-order valence-electron chi connectivity index (χ4n) is 11.7. The molecule has 2 fully saturated rings. The topological polar surface area (TPSA) is 65.0 Å². The Balaban J connectivity index is 1.63. The number of aliphatic hydroxyl groups is 1. The van der Waals surface area contributed by atoms with Crippen molar-refractivity contribution >= 4 is 5.97 Å². The van der Waals surface area contributed by atoms with Crippen molar-refractivity contribution in [1.82, 2.24) is 0 Å². The van der Waals surface area contributed by atoms with Crippen molar-refractivity contribution in [2.24, 2.45) is 17.3 Å². The fraction of sp³-hybridized carbons (Fsp3) is 0.947. The summed E-state index contributed by atoms with van der Waals surface area (Å²) in [7, 11) is 0. The van der Waals surface area contributed by atoms with Gasteiger partial charge in [-0.25, -0.2) is 4.79 Å². The first kappa shape index (κ1) is 55.3. The first-order valence-corrected chi connectivity index (χ1v) is 28.3. The molecule has 1 N–H and O–H groups in total. The van der Waals surface area contributed by atoms with Crippen molar-refractivity contribution in [3.63, 3.8) is 0 Å². The van der Waals surface area contributed by atoms with Crippen molar-refractivity contribution in [3.8, 4) is 0 Å². The monoisotopic (exact) mass is 871 g/mol. The number of fused-ring (bicyclic) bond motifs is 2. The fourth-order valence-corrected chi connectivity index (χ4v) is 11.7. The minimum Gasteiger partial charge on any atom is -0.511 e. The van der Waals surface area contributed by atoms with Crippen LogP contribution in [0.4, 0.5) is 0 Å². The van der Waals surface area contributed by atoms with Crippen molar-refractivity contribution < 1.29 is 24.1 Å². The number of aliphatic hydroxyl groups excluding tert-OH is 1. The maximum absolute atomic E-state index is 13.2. The van der Waals surface area contributed by atoms with Gasteiger partial charge in [0.25, 0.3) is 0 Å². The minimum atomic E-state index is -0.525. The maximum atomic E-state index is 13.2. The molecule has 1 aliphatic carbocycles. The Morgan fingerprint density at radius 1 is 0.565 bits per heavy atom. The van der Waals surface area contributed by atoms with E-state index in [0.29, 0.717) is 5.92 Å². The Hall–Kier alpha value is -1.07. The average molecular weight is 871 g/mol. The van der Waals surface area contributed by atoms with Crippen LogP contribution in [0.5, 0.6) is 0 Å². The van der Waals surface area contributed by atoms with Gasteiger partial charge < -0.3 is 19.3 Å². The Bertz CT molecular complexity index is 1100. The predicted molar refractivity (Wildman–Crippen MR) is 265 cm³/mol. The van der Waals surface area contributed by atoms with Crippen molar-refractivity contribution in [1.29, 1.82) is 0 Å². The molecule has 0 bridgehead atoms. The van der Waals surface area contributed by atoms with Crippen LogP contribution in [-0.4, -0.2) is 42.1 Å². The van der Waals surface area contributed by atoms with E-state index < -0.39 is 17.7 Å². The lowest BCUT2D eigenvalue weighted by Gasteiger charge is -2.65. The highest BCUT2D eigenvalue weighted by atomic mass is 16.6. The Labute approximate surface area is 386 Å². The third-order valence-corrected chi connectivity index (χ3v) is 15.8. The molecule has 364 valence electrons. The minimum absolute atomic E-state index is 0.00423. The highest BCUT2D eigenvalue weighted by Crippen LogP contribution is 2.61. The van der Waals surface area contributed by atoms with Crippen molar-refractivity contribution in [2.75, 3.05) is 13.2 Å². The smallest absolute Gasteiger partial charge is 0.334 e. The Morgan fingerprint density at radius 2 is 0.935 bits per heavy atom. The van der Waals surface area contributed by atoms with Gasteiger partial charge in [-0.2, -0.15) is 0 Å². The van der Waals surface area contributed by atoms with E-state index in [1.807, 2.05) is 0 Å². The molecule has 0 aromatic rings. The largest absolute Gasteiger partial charge is 0.511 e. The molecular formula is C57H106O5. The van der Waals surface area contributed by atoms with Crippen LogP contribution in [-0.2, 0) is 19.0 Å². The van der Waals surface area contributed by atoms with E-state index in [9.17, 15) is 9.90 Å². The molecule has 62 heavy (non-hydrogen) atoms. The molecule has 1 saturated carbocycles. The summed E-state index contributed by atoms with van der Waals surface area (Å²) in [5, 5.41) is 11.6. The molecule has 1 saturated heterocycles. The lowest BCUT2D eigenvalue weighted by molar-refractivity contribution is -0.341. The number of rotatable bonds is 43. The molecule has 5 nitrogen and oxygen atoms in total. The summed E-state index contributed by atoms with van der Waals surface area (Å²) in [6.45, 7) is 10.7. The van der Waals surface area contributed by atoms with E-state index in [0.717, 1.165) is 38.9 Å². The second-order valence-corrected chi connectivity index (χ2v) is 21.1. The third-order valence-electron chi connectivity index (χ3n) is 15.8. The summed E-state index contributed by atoms with van der Waals surface area (Å²) in [5.41, 5.74) is -0.530. The van der Waals surface area contributed by atoms with Gasteiger partial charge >= 0.3 is 5.97 Å². The Morgan fingerprint density at radius 3 is 1.31 bits per heavy atom. The molecule has 5 heteroatoms. The molecule has 1 spiro atoms. The molecule has 0 aromatic heterocycles. The van der Waals surface area contributed by atoms with Gasteiger partial charge in [0.05, 0.1) is 24.7 Å². The first-order valence-electron chi connectivity index (χ1n) is 28.3. The van der Waals surface area contributed by atoms with Gasteiger partial charge in [-0.1, -0.05) is 259 Å². The molecule has 6 unspecified atom stereocenters. The molecule has 3 rings (SSSR count). The third kappa shape index (κ3) is 20.6. The van der Waals surface area contributed by atoms with Crippen LogP contribution in [0.2, 0.25) is 0 Å². The number of carbonyl (C=O) groups is 1. The molecule has 0 radical (unpaired) electrons. The van der Waals surface area contributed by atoms with Gasteiger partial charge in [0.15, 0.2) is 0 Å². The van der Waals surface area contributed by atoms with E-state index in [1.165, 1.54) is 250 Å². The van der Waals surface area contributed by atoms with E-state index >= 15 is 0 Å². The van der Waals surface area contributed by atoms with E-state index in [1.54, 1.807) is 0 Å². The van der Waals surface area contributed by atoms with Gasteiger partial charge in [0.2, 0.25) is 0 Å². The summed E-state index contributed by atoms with van der Waals surface area (Å²) in [6, 6.07) is 0. The molecular weight excluding hydrogens is 765 g/mol. The molecule has 6 atom stereocenters. The zero-order valence-electron chi connectivity index (χ0n) is 42.1. The second kappa shape index (κ2) is 35.2. The second-order valence-electron chi connectivity index (χ2n) is 21.1.